The molecule has 1 aromatic rings. The van der Waals surface area contributed by atoms with Crippen LogP contribution < -0.4 is 5.73 Å². The molecule has 0 heterocycles. The van der Waals surface area contributed by atoms with Gasteiger partial charge in [0.05, 0.1) is 0 Å². The Bertz CT molecular complexity index is 395. The molecule has 0 saturated heterocycles. The first kappa shape index (κ1) is 10.3. The van der Waals surface area contributed by atoms with Crippen LogP contribution in [-0.2, 0) is 12.0 Å². The van der Waals surface area contributed by atoms with E-state index in [1.807, 2.05) is 0 Å². The summed E-state index contributed by atoms with van der Waals surface area (Å²) in [5.74, 6) is 0.783. The van der Waals surface area contributed by atoms with Crippen molar-refractivity contribution in [2.24, 2.45) is 17.6 Å². The first-order valence-corrected chi connectivity index (χ1v) is 6.25. The summed E-state index contributed by atoms with van der Waals surface area (Å²) in [5, 5.41) is 9.55. The lowest BCUT2D eigenvalue weighted by Crippen LogP contribution is -2.51. The van der Waals surface area contributed by atoms with E-state index in [1.54, 1.807) is 0 Å². The lowest BCUT2D eigenvalue weighted by atomic mass is 9.66. The van der Waals surface area contributed by atoms with Gasteiger partial charge in [-0.05, 0) is 36.3 Å². The van der Waals surface area contributed by atoms with Crippen LogP contribution in [0.4, 0.5) is 0 Å². The molecule has 16 heavy (non-hydrogen) atoms. The summed E-state index contributed by atoms with van der Waals surface area (Å²) in [7, 11) is 0. The van der Waals surface area contributed by atoms with Crippen molar-refractivity contribution < 1.29 is 5.11 Å². The number of aliphatic hydroxyl groups excluding tert-OH is 1. The van der Waals surface area contributed by atoms with Gasteiger partial charge in [0.15, 0.2) is 0 Å². The van der Waals surface area contributed by atoms with E-state index in [0.29, 0.717) is 5.92 Å². The van der Waals surface area contributed by atoms with Gasteiger partial charge in [0, 0.05) is 18.1 Å². The van der Waals surface area contributed by atoms with Gasteiger partial charge in [0.1, 0.15) is 0 Å². The van der Waals surface area contributed by atoms with E-state index in [1.165, 1.54) is 24.0 Å². The molecule has 1 unspecified atom stereocenters. The average molecular weight is 217 g/mol. The molecule has 3 atom stereocenters. The zero-order valence-corrected chi connectivity index (χ0v) is 9.52. The second-order valence-electron chi connectivity index (χ2n) is 5.30. The first-order valence-electron chi connectivity index (χ1n) is 6.25. The summed E-state index contributed by atoms with van der Waals surface area (Å²) in [6.07, 6.45) is 4.59. The molecule has 0 aromatic heterocycles. The summed E-state index contributed by atoms with van der Waals surface area (Å²) < 4.78 is 0. The lowest BCUT2D eigenvalue weighted by molar-refractivity contribution is 0.0704. The summed E-state index contributed by atoms with van der Waals surface area (Å²) >= 11 is 0. The highest BCUT2D eigenvalue weighted by molar-refractivity contribution is 5.41. The van der Waals surface area contributed by atoms with Crippen LogP contribution in [0.1, 0.15) is 30.4 Å². The number of hydrogen-bond donors (Lipinski definition) is 2. The predicted molar refractivity (Wildman–Crippen MR) is 63.9 cm³/mol. The maximum Gasteiger partial charge on any atom is 0.0494 e. The smallest absolute Gasteiger partial charge is 0.0494 e. The predicted octanol–water partition coefficient (Wildman–Crippen LogP) is 1.81. The number of hydrogen-bond acceptors (Lipinski definition) is 2. The van der Waals surface area contributed by atoms with Crippen molar-refractivity contribution in [1.29, 1.82) is 0 Å². The molecular weight excluding hydrogens is 198 g/mol. The van der Waals surface area contributed by atoms with Crippen LogP contribution >= 0.6 is 0 Å². The summed E-state index contributed by atoms with van der Waals surface area (Å²) in [4.78, 5) is 0. The molecule has 1 fully saturated rings. The van der Waals surface area contributed by atoms with Crippen LogP contribution in [0.5, 0.6) is 0 Å². The van der Waals surface area contributed by atoms with Crippen LogP contribution in [-0.4, -0.2) is 11.7 Å². The third-order valence-corrected chi connectivity index (χ3v) is 4.63. The van der Waals surface area contributed by atoms with Crippen molar-refractivity contribution in [3.05, 3.63) is 35.4 Å². The van der Waals surface area contributed by atoms with E-state index < -0.39 is 0 Å². The Morgan fingerprint density at radius 1 is 1.31 bits per heavy atom. The minimum absolute atomic E-state index is 0.224. The van der Waals surface area contributed by atoms with E-state index in [2.05, 4.69) is 24.3 Å². The quantitative estimate of drug-likeness (QED) is 0.753. The number of aliphatic hydroxyl groups is 1. The monoisotopic (exact) mass is 217 g/mol. The fraction of sp³-hybridized carbons (Fsp3) is 0.571. The Morgan fingerprint density at radius 2 is 2.12 bits per heavy atom. The maximum atomic E-state index is 9.55. The van der Waals surface area contributed by atoms with Gasteiger partial charge in [-0.25, -0.2) is 0 Å². The Labute approximate surface area is 96.5 Å². The standard InChI is InChI=1S/C14H19NO/c15-14-11(5-3-6-12(14)9-16)8-10-4-1-2-7-13(10)14/h1-2,4,7,11-12,16H,3,5-6,8-9,15H2/t11-,12?,14-/m1/s1. The normalized spacial score (nSPS) is 36.9. The molecule has 2 aliphatic rings. The number of fused-ring (bicyclic) bond motifs is 3. The minimum atomic E-state index is -0.260. The second-order valence-corrected chi connectivity index (χ2v) is 5.30. The van der Waals surface area contributed by atoms with E-state index in [0.717, 1.165) is 12.8 Å². The minimum Gasteiger partial charge on any atom is -0.396 e. The van der Waals surface area contributed by atoms with Gasteiger partial charge < -0.3 is 10.8 Å². The summed E-state index contributed by atoms with van der Waals surface area (Å²) in [6, 6.07) is 8.51. The Balaban J connectivity index is 2.10. The third-order valence-electron chi connectivity index (χ3n) is 4.63. The van der Waals surface area contributed by atoms with Crippen LogP contribution in [0.3, 0.4) is 0 Å². The Hall–Kier alpha value is -0.860. The van der Waals surface area contributed by atoms with Crippen molar-refractivity contribution in [3.8, 4) is 0 Å². The van der Waals surface area contributed by atoms with Crippen molar-refractivity contribution in [3.63, 3.8) is 0 Å². The fourth-order valence-corrected chi connectivity index (χ4v) is 3.76. The van der Waals surface area contributed by atoms with E-state index in [4.69, 9.17) is 5.73 Å². The fourth-order valence-electron chi connectivity index (χ4n) is 3.76. The highest BCUT2D eigenvalue weighted by Gasteiger charge is 2.50. The molecule has 86 valence electrons. The SMILES string of the molecule is N[C@]12c3ccccc3C[C@H]1CCCC2CO. The van der Waals surface area contributed by atoms with Crippen molar-refractivity contribution >= 4 is 0 Å². The van der Waals surface area contributed by atoms with Gasteiger partial charge >= 0.3 is 0 Å². The van der Waals surface area contributed by atoms with Crippen molar-refractivity contribution in [2.45, 2.75) is 31.2 Å². The Kier molecular flexibility index (Phi) is 2.30. The van der Waals surface area contributed by atoms with Gasteiger partial charge in [-0.15, -0.1) is 0 Å². The largest absolute Gasteiger partial charge is 0.396 e. The van der Waals surface area contributed by atoms with E-state index in [9.17, 15) is 5.11 Å². The topological polar surface area (TPSA) is 46.2 Å². The molecule has 3 rings (SSSR count). The van der Waals surface area contributed by atoms with E-state index in [-0.39, 0.29) is 18.1 Å². The number of nitrogens with two attached hydrogens (primary N) is 1. The van der Waals surface area contributed by atoms with Crippen LogP contribution in [0, 0.1) is 11.8 Å². The first-order chi connectivity index (χ1) is 7.76. The van der Waals surface area contributed by atoms with Gasteiger partial charge in [-0.2, -0.15) is 0 Å². The van der Waals surface area contributed by atoms with Crippen molar-refractivity contribution in [2.75, 3.05) is 6.61 Å². The van der Waals surface area contributed by atoms with Gasteiger partial charge in [0.2, 0.25) is 0 Å². The second kappa shape index (κ2) is 3.57. The summed E-state index contributed by atoms with van der Waals surface area (Å²) in [5.41, 5.74) is 9.10. The van der Waals surface area contributed by atoms with Crippen LogP contribution in [0.15, 0.2) is 24.3 Å². The number of benzene rings is 1. The molecule has 0 radical (unpaired) electrons. The Morgan fingerprint density at radius 3 is 2.94 bits per heavy atom. The molecule has 3 N–H and O–H groups in total. The molecule has 0 spiro atoms. The molecular formula is C14H19NO. The van der Waals surface area contributed by atoms with E-state index >= 15 is 0 Å². The molecule has 0 aliphatic heterocycles. The lowest BCUT2D eigenvalue weighted by Gasteiger charge is -2.43. The highest BCUT2D eigenvalue weighted by atomic mass is 16.3. The molecule has 1 saturated carbocycles. The third kappa shape index (κ3) is 1.20. The van der Waals surface area contributed by atoms with Crippen molar-refractivity contribution in [1.82, 2.24) is 0 Å². The zero-order chi connectivity index (χ0) is 11.2. The summed E-state index contributed by atoms with van der Waals surface area (Å²) in [6.45, 7) is 0.224. The average Bonchev–Trinajstić information content (AvgIpc) is 2.62. The molecule has 2 heteroatoms. The number of rotatable bonds is 1. The maximum absolute atomic E-state index is 9.55. The molecule has 1 aromatic carbocycles. The van der Waals surface area contributed by atoms with Crippen LogP contribution in [0.25, 0.3) is 0 Å². The van der Waals surface area contributed by atoms with Gasteiger partial charge in [-0.3, -0.25) is 0 Å². The molecule has 0 amide bonds. The molecule has 0 bridgehead atoms. The van der Waals surface area contributed by atoms with Gasteiger partial charge in [-0.1, -0.05) is 30.7 Å². The molecule has 2 nitrogen and oxygen atoms in total. The van der Waals surface area contributed by atoms with Crippen LogP contribution in [0.2, 0.25) is 0 Å². The van der Waals surface area contributed by atoms with Gasteiger partial charge in [0.25, 0.3) is 0 Å². The zero-order valence-electron chi connectivity index (χ0n) is 9.52. The highest BCUT2D eigenvalue weighted by Crippen LogP contribution is 2.50. The molecule has 2 aliphatic carbocycles.